The number of carbonyl (C=O) groups excluding carboxylic acids is 2. The summed E-state index contributed by atoms with van der Waals surface area (Å²) in [6.07, 6.45) is 1.22. The van der Waals surface area contributed by atoms with Crippen LogP contribution < -0.4 is 5.32 Å². The molecule has 0 spiro atoms. The quantitative estimate of drug-likeness (QED) is 0.444. The van der Waals surface area contributed by atoms with Crippen LogP contribution >= 0.6 is 0 Å². The molecule has 0 saturated carbocycles. The van der Waals surface area contributed by atoms with Crippen molar-refractivity contribution < 1.29 is 23.6 Å². The summed E-state index contributed by atoms with van der Waals surface area (Å²) in [4.78, 5) is 35.1. The molecule has 1 aliphatic heterocycles. The number of para-hydroxylation sites is 1. The summed E-state index contributed by atoms with van der Waals surface area (Å²) in [7, 11) is 3.14. The SMILES string of the molecule is CNC(=O)c1cc(CC(=O)C[C@@H]2CN(CCOC)O[C@H]2c2ccnc(F)c2)n(-c2ccccc2)n1. The summed E-state index contributed by atoms with van der Waals surface area (Å²) < 4.78 is 20.6. The molecule has 1 saturated heterocycles. The van der Waals surface area contributed by atoms with E-state index in [1.165, 1.54) is 19.3 Å². The van der Waals surface area contributed by atoms with Gasteiger partial charge in [0.1, 0.15) is 11.9 Å². The van der Waals surface area contributed by atoms with Gasteiger partial charge in [-0.1, -0.05) is 18.2 Å². The number of nitrogens with zero attached hydrogens (tertiary/aromatic N) is 4. The summed E-state index contributed by atoms with van der Waals surface area (Å²) in [6, 6.07) is 14.0. The first-order valence-corrected chi connectivity index (χ1v) is 11.4. The van der Waals surface area contributed by atoms with Crippen LogP contribution in [-0.2, 0) is 20.8 Å². The molecule has 3 aromatic rings. The minimum atomic E-state index is -0.597. The van der Waals surface area contributed by atoms with Gasteiger partial charge in [-0.2, -0.15) is 14.6 Å². The smallest absolute Gasteiger partial charge is 0.271 e. The van der Waals surface area contributed by atoms with Crippen LogP contribution in [0.4, 0.5) is 4.39 Å². The maximum Gasteiger partial charge on any atom is 0.271 e. The molecule has 1 N–H and O–H groups in total. The van der Waals surface area contributed by atoms with Crippen molar-refractivity contribution in [1.29, 1.82) is 0 Å². The van der Waals surface area contributed by atoms with Crippen molar-refractivity contribution in [2.75, 3.05) is 33.9 Å². The summed E-state index contributed by atoms with van der Waals surface area (Å²) >= 11 is 0. The number of ketones is 1. The second kappa shape index (κ2) is 11.3. The maximum atomic E-state index is 13.8. The van der Waals surface area contributed by atoms with Crippen LogP contribution in [-0.4, -0.2) is 65.4 Å². The molecule has 1 amide bonds. The minimum Gasteiger partial charge on any atom is -0.383 e. The molecule has 0 bridgehead atoms. The predicted molar refractivity (Wildman–Crippen MR) is 125 cm³/mol. The van der Waals surface area contributed by atoms with Gasteiger partial charge in [0.05, 0.1) is 18.0 Å². The molecule has 0 aliphatic carbocycles. The number of hydrogen-bond donors (Lipinski definition) is 1. The predicted octanol–water partition coefficient (Wildman–Crippen LogP) is 2.52. The van der Waals surface area contributed by atoms with E-state index in [0.717, 1.165) is 5.69 Å². The van der Waals surface area contributed by atoms with Gasteiger partial charge >= 0.3 is 0 Å². The number of carbonyl (C=O) groups is 2. The van der Waals surface area contributed by atoms with Gasteiger partial charge in [-0.15, -0.1) is 0 Å². The fourth-order valence-electron chi connectivity index (χ4n) is 4.23. The molecule has 2 atom stereocenters. The Bertz CT molecular complexity index is 1170. The average molecular weight is 482 g/mol. The first-order chi connectivity index (χ1) is 17.0. The zero-order valence-electron chi connectivity index (χ0n) is 19.7. The third-order valence-corrected chi connectivity index (χ3v) is 5.86. The summed E-state index contributed by atoms with van der Waals surface area (Å²) in [5.74, 6) is -1.15. The topological polar surface area (TPSA) is 98.6 Å². The van der Waals surface area contributed by atoms with Gasteiger partial charge in [0.25, 0.3) is 5.91 Å². The number of hydrogen-bond acceptors (Lipinski definition) is 7. The zero-order valence-corrected chi connectivity index (χ0v) is 19.7. The van der Waals surface area contributed by atoms with Crippen molar-refractivity contribution in [2.45, 2.75) is 18.9 Å². The summed E-state index contributed by atoms with van der Waals surface area (Å²) in [6.45, 7) is 1.50. The highest BCUT2D eigenvalue weighted by Crippen LogP contribution is 2.36. The largest absolute Gasteiger partial charge is 0.383 e. The number of benzene rings is 1. The molecule has 1 aromatic carbocycles. The fraction of sp³-hybridized carbons (Fsp3) is 0.360. The third kappa shape index (κ3) is 5.97. The Hall–Kier alpha value is -3.47. The molecule has 184 valence electrons. The van der Waals surface area contributed by atoms with E-state index in [1.807, 2.05) is 30.3 Å². The molecular weight excluding hydrogens is 453 g/mol. The number of nitrogens with one attached hydrogen (secondary N) is 1. The van der Waals surface area contributed by atoms with Crippen molar-refractivity contribution >= 4 is 11.7 Å². The number of rotatable bonds is 10. The lowest BCUT2D eigenvalue weighted by atomic mass is 9.91. The molecule has 35 heavy (non-hydrogen) atoms. The Morgan fingerprint density at radius 2 is 2.03 bits per heavy atom. The summed E-state index contributed by atoms with van der Waals surface area (Å²) in [5, 5.41) is 8.73. The zero-order chi connectivity index (χ0) is 24.8. The number of Topliss-reactive ketones (excluding diaryl/α,β-unsaturated/α-hetero) is 1. The number of ether oxygens (including phenoxy) is 1. The molecule has 2 aromatic heterocycles. The molecule has 0 radical (unpaired) electrons. The van der Waals surface area contributed by atoms with Gasteiger partial charge in [-0.3, -0.25) is 14.4 Å². The van der Waals surface area contributed by atoms with Crippen molar-refractivity contribution in [3.63, 3.8) is 0 Å². The first kappa shape index (κ1) is 24.6. The third-order valence-electron chi connectivity index (χ3n) is 5.86. The Morgan fingerprint density at radius 1 is 1.23 bits per heavy atom. The second-order valence-corrected chi connectivity index (χ2v) is 8.35. The van der Waals surface area contributed by atoms with Crippen molar-refractivity contribution in [3.8, 4) is 5.69 Å². The number of aromatic nitrogens is 3. The lowest BCUT2D eigenvalue weighted by Gasteiger charge is -2.17. The minimum absolute atomic E-state index is 0.0349. The van der Waals surface area contributed by atoms with E-state index >= 15 is 0 Å². The van der Waals surface area contributed by atoms with Crippen LogP contribution in [0, 0.1) is 11.9 Å². The normalized spacial score (nSPS) is 18.0. The fourth-order valence-corrected chi connectivity index (χ4v) is 4.23. The first-order valence-electron chi connectivity index (χ1n) is 11.4. The Labute approximate surface area is 202 Å². The Kier molecular flexibility index (Phi) is 7.96. The molecular formula is C25H28FN5O4. The lowest BCUT2D eigenvalue weighted by molar-refractivity contribution is -0.155. The number of hydroxylamine groups is 2. The van der Waals surface area contributed by atoms with Crippen LogP contribution in [0.5, 0.6) is 0 Å². The molecule has 4 rings (SSSR count). The number of pyridine rings is 1. The van der Waals surface area contributed by atoms with Gasteiger partial charge in [-0.05, 0) is 35.9 Å². The Balaban J connectivity index is 1.54. The van der Waals surface area contributed by atoms with E-state index in [0.29, 0.717) is 31.0 Å². The van der Waals surface area contributed by atoms with E-state index in [9.17, 15) is 14.0 Å². The molecule has 0 unspecified atom stereocenters. The highest BCUT2D eigenvalue weighted by atomic mass is 19.1. The molecule has 10 heteroatoms. The number of halogens is 1. The highest BCUT2D eigenvalue weighted by molar-refractivity contribution is 5.92. The van der Waals surface area contributed by atoms with Crippen LogP contribution in [0.2, 0.25) is 0 Å². The standard InChI is InChI=1S/C25H28FN5O4/c1-27-25(33)22-15-20(31(29-22)19-6-4-3-5-7-19)14-21(32)12-18-16-30(10-11-34-2)35-24(18)17-8-9-28-23(26)13-17/h3-9,13,15,18,24H,10-12,14,16H2,1-2H3,(H,27,33)/t18-,24+/m1/s1. The van der Waals surface area contributed by atoms with Crippen LogP contribution in [0.15, 0.2) is 54.7 Å². The lowest BCUT2D eigenvalue weighted by Crippen LogP contribution is -2.24. The molecule has 1 aliphatic rings. The van der Waals surface area contributed by atoms with Gasteiger partial charge in [0, 0.05) is 52.2 Å². The molecule has 9 nitrogen and oxygen atoms in total. The maximum absolute atomic E-state index is 13.8. The Morgan fingerprint density at radius 3 is 2.74 bits per heavy atom. The van der Waals surface area contributed by atoms with Crippen molar-refractivity contribution in [2.24, 2.45) is 5.92 Å². The average Bonchev–Trinajstić information content (AvgIpc) is 3.47. The highest BCUT2D eigenvalue weighted by Gasteiger charge is 2.37. The van der Waals surface area contributed by atoms with Gasteiger partial charge < -0.3 is 10.1 Å². The van der Waals surface area contributed by atoms with Crippen molar-refractivity contribution in [3.05, 3.63) is 77.6 Å². The van der Waals surface area contributed by atoms with Crippen LogP contribution in [0.1, 0.15) is 34.3 Å². The van der Waals surface area contributed by atoms with Gasteiger partial charge in [-0.25, -0.2) is 9.67 Å². The van der Waals surface area contributed by atoms with Crippen LogP contribution in [0.25, 0.3) is 5.69 Å². The van der Waals surface area contributed by atoms with E-state index in [-0.39, 0.29) is 36.1 Å². The van der Waals surface area contributed by atoms with E-state index in [4.69, 9.17) is 9.57 Å². The molecule has 3 heterocycles. The van der Waals surface area contributed by atoms with E-state index in [2.05, 4.69) is 15.4 Å². The number of amides is 1. The summed E-state index contributed by atoms with van der Waals surface area (Å²) in [5.41, 5.74) is 2.23. The molecule has 1 fully saturated rings. The second-order valence-electron chi connectivity index (χ2n) is 8.35. The number of methoxy groups -OCH3 is 1. The van der Waals surface area contributed by atoms with Crippen molar-refractivity contribution in [1.82, 2.24) is 25.1 Å². The van der Waals surface area contributed by atoms with Crippen LogP contribution in [0.3, 0.4) is 0 Å². The van der Waals surface area contributed by atoms with Gasteiger partial charge in [0.15, 0.2) is 5.69 Å². The monoisotopic (exact) mass is 481 g/mol. The van der Waals surface area contributed by atoms with Gasteiger partial charge in [0.2, 0.25) is 5.95 Å². The van der Waals surface area contributed by atoms with E-state index < -0.39 is 12.1 Å². The van der Waals surface area contributed by atoms with E-state index in [1.54, 1.807) is 29.0 Å².